The summed E-state index contributed by atoms with van der Waals surface area (Å²) in [6, 6.07) is 7.88. The second kappa shape index (κ2) is 9.82. The minimum absolute atomic E-state index is 0.00461. The van der Waals surface area contributed by atoms with Crippen molar-refractivity contribution in [3.63, 3.8) is 0 Å². The predicted molar refractivity (Wildman–Crippen MR) is 129 cm³/mol. The molecule has 178 valence electrons. The highest BCUT2D eigenvalue weighted by Gasteiger charge is 2.35. The molecule has 1 aromatic heterocycles. The summed E-state index contributed by atoms with van der Waals surface area (Å²) in [5.74, 6) is 0.441. The zero-order valence-electron chi connectivity index (χ0n) is 18.9. The molecule has 1 amide bonds. The Morgan fingerprint density at radius 2 is 2.18 bits per heavy atom. The first-order valence-electron chi connectivity index (χ1n) is 10.7. The number of benzene rings is 2. The van der Waals surface area contributed by atoms with Gasteiger partial charge in [0.1, 0.15) is 18.2 Å². The Balaban J connectivity index is 1.79. The van der Waals surface area contributed by atoms with Crippen molar-refractivity contribution in [1.82, 2.24) is 14.9 Å². The third kappa shape index (κ3) is 4.49. The van der Waals surface area contributed by atoms with Crippen LogP contribution in [0.3, 0.4) is 0 Å². The van der Waals surface area contributed by atoms with E-state index >= 15 is 0 Å². The van der Waals surface area contributed by atoms with Gasteiger partial charge in [0.05, 0.1) is 29.4 Å². The molecule has 0 saturated carbocycles. The molecule has 1 aliphatic rings. The summed E-state index contributed by atoms with van der Waals surface area (Å²) in [6.45, 7) is 4.61. The van der Waals surface area contributed by atoms with Crippen molar-refractivity contribution < 1.29 is 18.7 Å². The van der Waals surface area contributed by atoms with E-state index in [9.17, 15) is 9.18 Å². The molecular weight excluding hydrogens is 461 g/mol. The van der Waals surface area contributed by atoms with Gasteiger partial charge in [-0.1, -0.05) is 23.7 Å². The molecule has 4 rings (SSSR count). The van der Waals surface area contributed by atoms with Crippen LogP contribution in [0.5, 0.6) is 11.5 Å². The normalized spacial score (nSPS) is 18.1. The Kier molecular flexibility index (Phi) is 6.85. The Labute approximate surface area is 201 Å². The lowest BCUT2D eigenvalue weighted by Crippen LogP contribution is -2.37. The number of halogens is 2. The molecule has 8 nitrogen and oxygen atoms in total. The van der Waals surface area contributed by atoms with Gasteiger partial charge in [0.2, 0.25) is 5.91 Å². The number of ether oxygens (including phenoxy) is 2. The first-order valence-corrected chi connectivity index (χ1v) is 11.0. The summed E-state index contributed by atoms with van der Waals surface area (Å²) in [7, 11) is 3.36. The number of carbonyl (C=O) groups is 1. The molecule has 0 radical (unpaired) electrons. The summed E-state index contributed by atoms with van der Waals surface area (Å²) in [5, 5.41) is 0.627. The van der Waals surface area contributed by atoms with Crippen molar-refractivity contribution in [2.45, 2.75) is 18.6 Å². The number of rotatable bonds is 8. The molecule has 10 heteroatoms. The van der Waals surface area contributed by atoms with E-state index < -0.39 is 17.8 Å². The molecule has 2 aromatic carbocycles. The first kappa shape index (κ1) is 23.7. The van der Waals surface area contributed by atoms with Crippen LogP contribution < -0.4 is 20.1 Å². The molecule has 34 heavy (non-hydrogen) atoms. The van der Waals surface area contributed by atoms with Crippen LogP contribution in [0.15, 0.2) is 49.3 Å². The van der Waals surface area contributed by atoms with E-state index in [-0.39, 0.29) is 23.4 Å². The number of anilines is 2. The van der Waals surface area contributed by atoms with Crippen molar-refractivity contribution in [3.8, 4) is 11.5 Å². The van der Waals surface area contributed by atoms with Crippen LogP contribution in [0, 0.1) is 5.82 Å². The average molecular weight is 486 g/mol. The summed E-state index contributed by atoms with van der Waals surface area (Å²) in [4.78, 5) is 24.0. The Morgan fingerprint density at radius 1 is 1.38 bits per heavy atom. The van der Waals surface area contributed by atoms with Crippen molar-refractivity contribution in [2.75, 3.05) is 32.1 Å². The number of hydrogen-bond acceptors (Lipinski definition) is 7. The molecule has 2 heterocycles. The number of likely N-dealkylation sites (N-methyl/N-ethyl adjacent to an activating group) is 1. The van der Waals surface area contributed by atoms with E-state index in [1.54, 1.807) is 35.2 Å². The molecule has 1 saturated heterocycles. The predicted octanol–water partition coefficient (Wildman–Crippen LogP) is 3.69. The fourth-order valence-corrected chi connectivity index (χ4v) is 4.37. The second-order valence-corrected chi connectivity index (χ2v) is 8.43. The Hall–Kier alpha value is -3.43. The minimum atomic E-state index is -0.561. The number of aromatic nitrogens is 2. The smallest absolute Gasteiger partial charge is 0.234 e. The van der Waals surface area contributed by atoms with E-state index in [0.29, 0.717) is 41.2 Å². The van der Waals surface area contributed by atoms with E-state index in [0.717, 1.165) is 0 Å². The number of methoxy groups -OCH3 is 1. The van der Waals surface area contributed by atoms with Crippen molar-refractivity contribution in [1.29, 1.82) is 0 Å². The van der Waals surface area contributed by atoms with Gasteiger partial charge in [0.15, 0.2) is 17.3 Å². The van der Waals surface area contributed by atoms with Crippen molar-refractivity contribution in [2.24, 2.45) is 5.73 Å². The first-order chi connectivity index (χ1) is 16.3. The third-order valence-electron chi connectivity index (χ3n) is 5.82. The van der Waals surface area contributed by atoms with Crippen LogP contribution in [0.1, 0.15) is 6.42 Å². The fraction of sp³-hybridized carbons (Fsp3) is 0.292. The number of primary amides is 1. The highest BCUT2D eigenvalue weighted by atomic mass is 35.5. The lowest BCUT2D eigenvalue weighted by molar-refractivity contribution is -0.121. The molecule has 1 aliphatic heterocycles. The van der Waals surface area contributed by atoms with E-state index in [2.05, 4.69) is 16.5 Å². The van der Waals surface area contributed by atoms with Crippen LogP contribution in [0.25, 0.3) is 10.9 Å². The Morgan fingerprint density at radius 3 is 2.85 bits per heavy atom. The summed E-state index contributed by atoms with van der Waals surface area (Å²) >= 11 is 6.04. The molecule has 2 atom stereocenters. The van der Waals surface area contributed by atoms with Gasteiger partial charge in [-0.15, -0.1) is 6.58 Å². The van der Waals surface area contributed by atoms with Crippen LogP contribution in [0.4, 0.5) is 15.9 Å². The average Bonchev–Trinajstić information content (AvgIpc) is 3.19. The molecule has 2 N–H and O–H groups in total. The minimum Gasteiger partial charge on any atom is -0.493 e. The molecule has 0 bridgehead atoms. The zero-order valence-corrected chi connectivity index (χ0v) is 19.6. The quantitative estimate of drug-likeness (QED) is 0.486. The third-order valence-corrected chi connectivity index (χ3v) is 6.11. The second-order valence-electron chi connectivity index (χ2n) is 8.02. The van der Waals surface area contributed by atoms with Gasteiger partial charge in [-0.2, -0.15) is 0 Å². The van der Waals surface area contributed by atoms with E-state index in [4.69, 9.17) is 26.8 Å². The molecule has 0 unspecified atom stereocenters. The number of nitrogens with zero attached hydrogens (tertiary/aromatic N) is 4. The van der Waals surface area contributed by atoms with Gasteiger partial charge in [-0.25, -0.2) is 14.4 Å². The molecule has 3 aromatic rings. The van der Waals surface area contributed by atoms with Gasteiger partial charge in [-0.3, -0.25) is 9.69 Å². The zero-order chi connectivity index (χ0) is 24.4. The summed E-state index contributed by atoms with van der Waals surface area (Å²) in [6.07, 6.45) is 3.24. The molecular formula is C24H25ClFN5O3. The Bertz CT molecular complexity index is 1240. The van der Waals surface area contributed by atoms with Crippen LogP contribution >= 0.6 is 11.6 Å². The maximum Gasteiger partial charge on any atom is 0.234 e. The lowest BCUT2D eigenvalue weighted by Gasteiger charge is -2.25. The number of carbonyl (C=O) groups excluding carboxylic acids is 1. The summed E-state index contributed by atoms with van der Waals surface area (Å²) in [5.41, 5.74) is 6.35. The monoisotopic (exact) mass is 485 g/mol. The maximum absolute atomic E-state index is 14.9. The van der Waals surface area contributed by atoms with Crippen LogP contribution in [-0.4, -0.2) is 60.2 Å². The van der Waals surface area contributed by atoms with Gasteiger partial charge in [-0.05, 0) is 25.2 Å². The van der Waals surface area contributed by atoms with E-state index in [1.807, 2.05) is 11.9 Å². The SMILES string of the molecule is C=CCN(c1cccc(Cl)c1F)c1ncnc2cc(OC)c(O[C@H]3C[C@H](C(N)=O)N(C)C3)cc12. The topological polar surface area (TPSA) is 93.8 Å². The van der Waals surface area contributed by atoms with Gasteiger partial charge in [0, 0.05) is 31.0 Å². The van der Waals surface area contributed by atoms with Crippen LogP contribution in [-0.2, 0) is 4.79 Å². The van der Waals surface area contributed by atoms with Crippen molar-refractivity contribution >= 4 is 39.9 Å². The number of nitrogens with two attached hydrogens (primary N) is 1. The highest BCUT2D eigenvalue weighted by Crippen LogP contribution is 2.39. The maximum atomic E-state index is 14.9. The number of fused-ring (bicyclic) bond motifs is 1. The van der Waals surface area contributed by atoms with Gasteiger partial charge >= 0.3 is 0 Å². The number of likely N-dealkylation sites (tertiary alicyclic amines) is 1. The van der Waals surface area contributed by atoms with Crippen LogP contribution in [0.2, 0.25) is 5.02 Å². The number of amides is 1. The van der Waals surface area contributed by atoms with Gasteiger partial charge < -0.3 is 20.1 Å². The highest BCUT2D eigenvalue weighted by molar-refractivity contribution is 6.31. The standard InChI is InChI=1S/C24H25ClFN5O3/c1-4-8-31(18-7-5-6-16(25)22(18)26)24-15-10-21(20(33-3)11-17(15)28-13-29-24)34-14-9-19(23(27)32)30(2)12-14/h4-7,10-11,13-14,19H,1,8-9,12H2,2-3H3,(H2,27,32)/t14-,19+/m0/s1. The number of hydrogen-bond donors (Lipinski definition) is 1. The fourth-order valence-electron chi connectivity index (χ4n) is 4.20. The van der Waals surface area contributed by atoms with Crippen molar-refractivity contribution in [3.05, 3.63) is 60.2 Å². The lowest BCUT2D eigenvalue weighted by atomic mass is 10.1. The van der Waals surface area contributed by atoms with Gasteiger partial charge in [0.25, 0.3) is 0 Å². The largest absolute Gasteiger partial charge is 0.493 e. The molecule has 0 aliphatic carbocycles. The summed E-state index contributed by atoms with van der Waals surface area (Å²) < 4.78 is 26.7. The van der Waals surface area contributed by atoms with E-state index in [1.165, 1.54) is 19.5 Å². The molecule has 0 spiro atoms. The molecule has 1 fully saturated rings.